The largest absolute Gasteiger partial charge is 0.481 e. The number of carbonyl (C=O) groups is 2. The second-order valence-electron chi connectivity index (χ2n) is 6.41. The number of nitrogens with one attached hydrogen (secondary N) is 1. The molecule has 1 rings (SSSR count). The summed E-state index contributed by atoms with van der Waals surface area (Å²) in [5.74, 6) is -0.964. The first kappa shape index (κ1) is 16.7. The minimum Gasteiger partial charge on any atom is -0.481 e. The van der Waals surface area contributed by atoms with Crippen molar-refractivity contribution in [3.05, 3.63) is 0 Å². The number of urea groups is 1. The first-order chi connectivity index (χ1) is 9.07. The van der Waals surface area contributed by atoms with Crippen LogP contribution in [0.15, 0.2) is 0 Å². The molecule has 0 radical (unpaired) electrons. The van der Waals surface area contributed by atoms with Crippen LogP contribution in [0.3, 0.4) is 0 Å². The van der Waals surface area contributed by atoms with Gasteiger partial charge >= 0.3 is 12.0 Å². The molecule has 0 aromatic heterocycles. The number of aliphatic hydroxyl groups excluding tert-OH is 1. The highest BCUT2D eigenvalue weighted by Gasteiger charge is 2.36. The smallest absolute Gasteiger partial charge is 0.317 e. The maximum atomic E-state index is 12.1. The molecule has 1 unspecified atom stereocenters. The van der Waals surface area contributed by atoms with Crippen molar-refractivity contribution >= 4 is 12.0 Å². The number of rotatable bonds is 4. The fourth-order valence-electron chi connectivity index (χ4n) is 2.03. The van der Waals surface area contributed by atoms with Gasteiger partial charge in [-0.15, -0.1) is 0 Å². The zero-order valence-electron chi connectivity index (χ0n) is 12.5. The third kappa shape index (κ3) is 4.35. The van der Waals surface area contributed by atoms with Crippen molar-refractivity contribution in [2.24, 2.45) is 5.41 Å². The van der Waals surface area contributed by atoms with Gasteiger partial charge in [-0.05, 0) is 27.7 Å². The van der Waals surface area contributed by atoms with Gasteiger partial charge in [0, 0.05) is 6.54 Å². The zero-order chi connectivity index (χ0) is 15.6. The molecule has 20 heavy (non-hydrogen) atoms. The molecule has 0 bridgehead atoms. The SMILES string of the molecule is CC1(C)CN(C(=O)NCC(C)(C)C(=O)O)CC(CO)O1. The molecule has 7 nitrogen and oxygen atoms in total. The molecule has 1 atom stereocenters. The molecule has 0 aliphatic carbocycles. The van der Waals surface area contributed by atoms with Gasteiger partial charge in [0.2, 0.25) is 0 Å². The minimum absolute atomic E-state index is 0.0444. The van der Waals surface area contributed by atoms with Gasteiger partial charge in [0.25, 0.3) is 0 Å². The van der Waals surface area contributed by atoms with Gasteiger partial charge in [-0.1, -0.05) is 0 Å². The average Bonchev–Trinajstić information content (AvgIpc) is 2.33. The Morgan fingerprint density at radius 3 is 2.55 bits per heavy atom. The number of aliphatic hydroxyl groups is 1. The Morgan fingerprint density at radius 2 is 2.05 bits per heavy atom. The molecule has 0 spiro atoms. The fraction of sp³-hybridized carbons (Fsp3) is 0.846. The van der Waals surface area contributed by atoms with Gasteiger partial charge in [-0.2, -0.15) is 0 Å². The first-order valence-corrected chi connectivity index (χ1v) is 6.62. The Balaban J connectivity index is 2.61. The molecule has 1 aliphatic heterocycles. The Hall–Kier alpha value is -1.34. The number of carboxylic acids is 1. The van der Waals surface area contributed by atoms with Crippen LogP contribution in [0.4, 0.5) is 4.79 Å². The highest BCUT2D eigenvalue weighted by Crippen LogP contribution is 2.21. The molecule has 116 valence electrons. The lowest BCUT2D eigenvalue weighted by atomic mass is 9.94. The van der Waals surface area contributed by atoms with Crippen LogP contribution in [0.5, 0.6) is 0 Å². The minimum atomic E-state index is -1.02. The topological polar surface area (TPSA) is 99.1 Å². The van der Waals surface area contributed by atoms with Gasteiger partial charge in [0.15, 0.2) is 0 Å². The number of amides is 2. The summed E-state index contributed by atoms with van der Waals surface area (Å²) in [6, 6.07) is -0.339. The summed E-state index contributed by atoms with van der Waals surface area (Å²) in [4.78, 5) is 24.6. The zero-order valence-corrected chi connectivity index (χ0v) is 12.5. The summed E-state index contributed by atoms with van der Waals surface area (Å²) in [5, 5.41) is 20.8. The van der Waals surface area contributed by atoms with E-state index in [0.717, 1.165) is 0 Å². The Morgan fingerprint density at radius 1 is 1.45 bits per heavy atom. The van der Waals surface area contributed by atoms with Crippen LogP contribution in [0.2, 0.25) is 0 Å². The van der Waals surface area contributed by atoms with Gasteiger partial charge in [-0.3, -0.25) is 4.79 Å². The Labute approximate surface area is 118 Å². The third-order valence-corrected chi connectivity index (χ3v) is 3.23. The van der Waals surface area contributed by atoms with Crippen LogP contribution < -0.4 is 5.32 Å². The van der Waals surface area contributed by atoms with Crippen LogP contribution >= 0.6 is 0 Å². The molecule has 0 aromatic rings. The van der Waals surface area contributed by atoms with E-state index in [-0.39, 0.29) is 19.2 Å². The molecule has 2 amide bonds. The van der Waals surface area contributed by atoms with E-state index in [1.807, 2.05) is 13.8 Å². The van der Waals surface area contributed by atoms with Crippen LogP contribution in [-0.4, -0.2) is 65.1 Å². The molecule has 7 heteroatoms. The highest BCUT2D eigenvalue weighted by atomic mass is 16.5. The van der Waals surface area contributed by atoms with Gasteiger partial charge < -0.3 is 25.2 Å². The quantitative estimate of drug-likeness (QED) is 0.690. The number of carboxylic acid groups (broad SMARTS) is 1. The summed E-state index contributed by atoms with van der Waals surface area (Å²) in [6.07, 6.45) is -0.419. The highest BCUT2D eigenvalue weighted by molar-refractivity contribution is 5.77. The maximum Gasteiger partial charge on any atom is 0.317 e. The molecule has 1 saturated heterocycles. The van der Waals surface area contributed by atoms with Gasteiger partial charge in [0.05, 0.1) is 36.8 Å². The molecule has 0 aromatic carbocycles. The number of aliphatic carboxylic acids is 1. The van der Waals surface area contributed by atoms with E-state index in [2.05, 4.69) is 5.32 Å². The average molecular weight is 288 g/mol. The molecule has 1 heterocycles. The standard InChI is InChI=1S/C13H24N2O5/c1-12(2,10(17)18)7-14-11(19)15-5-9(6-16)20-13(3,4)8-15/h9,16H,5-8H2,1-4H3,(H,14,19)(H,17,18). The lowest BCUT2D eigenvalue weighted by Crippen LogP contribution is -2.58. The Bertz CT molecular complexity index is 381. The molecular formula is C13H24N2O5. The molecule has 1 aliphatic rings. The van der Waals surface area contributed by atoms with E-state index in [1.54, 1.807) is 18.7 Å². The monoisotopic (exact) mass is 288 g/mol. The van der Waals surface area contributed by atoms with Crippen LogP contribution in [-0.2, 0) is 9.53 Å². The third-order valence-electron chi connectivity index (χ3n) is 3.23. The van der Waals surface area contributed by atoms with E-state index in [9.17, 15) is 14.7 Å². The normalized spacial score (nSPS) is 22.4. The number of hydrogen-bond acceptors (Lipinski definition) is 4. The van der Waals surface area contributed by atoms with E-state index in [1.165, 1.54) is 0 Å². The maximum absolute atomic E-state index is 12.1. The fourth-order valence-corrected chi connectivity index (χ4v) is 2.03. The lowest BCUT2D eigenvalue weighted by molar-refractivity contribution is -0.146. The van der Waals surface area contributed by atoms with Crippen molar-refractivity contribution in [2.45, 2.75) is 39.4 Å². The second-order valence-corrected chi connectivity index (χ2v) is 6.41. The van der Waals surface area contributed by atoms with Crippen molar-refractivity contribution in [3.63, 3.8) is 0 Å². The Kier molecular flexibility index (Phi) is 4.99. The van der Waals surface area contributed by atoms with Gasteiger partial charge in [-0.25, -0.2) is 4.79 Å². The first-order valence-electron chi connectivity index (χ1n) is 6.62. The van der Waals surface area contributed by atoms with E-state index in [4.69, 9.17) is 9.84 Å². The van der Waals surface area contributed by atoms with Crippen molar-refractivity contribution in [1.29, 1.82) is 0 Å². The van der Waals surface area contributed by atoms with E-state index in [0.29, 0.717) is 13.1 Å². The second kappa shape index (κ2) is 5.97. The van der Waals surface area contributed by atoms with Crippen molar-refractivity contribution in [1.82, 2.24) is 10.2 Å². The van der Waals surface area contributed by atoms with Crippen molar-refractivity contribution < 1.29 is 24.5 Å². The summed E-state index contributed by atoms with van der Waals surface area (Å²) in [6.45, 7) is 7.36. The number of morpholine rings is 1. The number of ether oxygens (including phenoxy) is 1. The lowest BCUT2D eigenvalue weighted by Gasteiger charge is -2.42. The molecule has 3 N–H and O–H groups in total. The molecule has 0 saturated carbocycles. The number of nitrogens with zero attached hydrogens (tertiary/aromatic N) is 1. The summed E-state index contributed by atoms with van der Waals surface area (Å²) in [7, 11) is 0. The van der Waals surface area contributed by atoms with Crippen LogP contribution in [0.1, 0.15) is 27.7 Å². The van der Waals surface area contributed by atoms with Gasteiger partial charge in [0.1, 0.15) is 0 Å². The summed E-state index contributed by atoms with van der Waals surface area (Å²) in [5.41, 5.74) is -1.56. The summed E-state index contributed by atoms with van der Waals surface area (Å²) >= 11 is 0. The van der Waals surface area contributed by atoms with Crippen LogP contribution in [0.25, 0.3) is 0 Å². The predicted octanol–water partition coefficient (Wildman–Crippen LogP) is 0.279. The molecule has 1 fully saturated rings. The molecular weight excluding hydrogens is 264 g/mol. The van der Waals surface area contributed by atoms with Crippen molar-refractivity contribution in [2.75, 3.05) is 26.2 Å². The summed E-state index contributed by atoms with van der Waals surface area (Å²) < 4.78 is 5.62. The van der Waals surface area contributed by atoms with E-state index < -0.39 is 23.1 Å². The van der Waals surface area contributed by atoms with E-state index >= 15 is 0 Å². The van der Waals surface area contributed by atoms with Crippen molar-refractivity contribution in [3.8, 4) is 0 Å². The predicted molar refractivity (Wildman–Crippen MR) is 72.4 cm³/mol. The van der Waals surface area contributed by atoms with Crippen LogP contribution in [0, 0.1) is 5.41 Å². The number of hydrogen-bond donors (Lipinski definition) is 3. The number of carbonyl (C=O) groups excluding carboxylic acids is 1.